The minimum Gasteiger partial charge on any atom is -0.492 e. The first-order chi connectivity index (χ1) is 14.0. The van der Waals surface area contributed by atoms with E-state index in [1.165, 1.54) is 5.56 Å². The number of para-hydroxylation sites is 1. The average molecular weight is 490 g/mol. The number of hydrogen-bond acceptors (Lipinski definition) is 3. The van der Waals surface area contributed by atoms with Crippen LogP contribution in [-0.4, -0.2) is 17.6 Å². The van der Waals surface area contributed by atoms with E-state index in [1.54, 1.807) is 30.3 Å². The van der Waals surface area contributed by atoms with Crippen LogP contribution in [-0.2, 0) is 6.42 Å². The van der Waals surface area contributed by atoms with Crippen LogP contribution in [0.2, 0.25) is 5.02 Å². The molecule has 0 radical (unpaired) electrons. The van der Waals surface area contributed by atoms with Crippen molar-refractivity contribution in [3.63, 3.8) is 0 Å². The van der Waals surface area contributed by atoms with Crippen molar-refractivity contribution in [2.75, 3.05) is 11.9 Å². The number of hydrogen-bond donors (Lipinski definition) is 2. The molecule has 0 spiro atoms. The minimum atomic E-state index is -0.328. The lowest BCUT2D eigenvalue weighted by molar-refractivity contribution is 0.0977. The van der Waals surface area contributed by atoms with Crippen molar-refractivity contribution in [2.24, 2.45) is 0 Å². The van der Waals surface area contributed by atoms with E-state index in [4.69, 9.17) is 28.6 Å². The molecule has 1 amide bonds. The molecule has 2 N–H and O–H groups in total. The molecule has 29 heavy (non-hydrogen) atoms. The van der Waals surface area contributed by atoms with Gasteiger partial charge < -0.3 is 10.1 Å². The summed E-state index contributed by atoms with van der Waals surface area (Å²) in [5, 5.41) is 6.24. The van der Waals surface area contributed by atoms with Gasteiger partial charge in [0.2, 0.25) is 0 Å². The number of benzene rings is 3. The highest BCUT2D eigenvalue weighted by Gasteiger charge is 2.12. The monoisotopic (exact) mass is 488 g/mol. The second kappa shape index (κ2) is 10.4. The lowest BCUT2D eigenvalue weighted by Gasteiger charge is -2.12. The Balaban J connectivity index is 1.55. The predicted octanol–water partition coefficient (Wildman–Crippen LogP) is 5.85. The number of rotatable bonds is 6. The van der Waals surface area contributed by atoms with Crippen molar-refractivity contribution < 1.29 is 9.53 Å². The van der Waals surface area contributed by atoms with Gasteiger partial charge >= 0.3 is 0 Å². The molecule has 3 aromatic rings. The topological polar surface area (TPSA) is 50.4 Å². The third kappa shape index (κ3) is 6.29. The Morgan fingerprint density at radius 1 is 1.03 bits per heavy atom. The van der Waals surface area contributed by atoms with Gasteiger partial charge in [0.05, 0.1) is 21.8 Å². The van der Waals surface area contributed by atoms with Crippen LogP contribution in [0, 0.1) is 0 Å². The van der Waals surface area contributed by atoms with Crippen LogP contribution in [0.3, 0.4) is 0 Å². The summed E-state index contributed by atoms with van der Waals surface area (Å²) in [6, 6.07) is 22.4. The first kappa shape index (κ1) is 21.3. The van der Waals surface area contributed by atoms with Gasteiger partial charge in [0.1, 0.15) is 5.75 Å². The first-order valence-corrected chi connectivity index (χ1v) is 10.4. The maximum absolute atomic E-state index is 12.5. The fraction of sp³-hybridized carbons (Fsp3) is 0.0909. The standard InChI is InChI=1S/C22H18BrClN2O2S/c23-17-14-16(10-11-20(17)28-13-12-15-6-2-1-3-7-15)21(27)26-22(29)25-19-9-5-4-8-18(19)24/h1-11,14H,12-13H2,(H2,25,26,27,29). The van der Waals surface area contributed by atoms with Crippen LogP contribution in [0.5, 0.6) is 5.75 Å². The molecule has 0 heterocycles. The van der Waals surface area contributed by atoms with E-state index in [0.717, 1.165) is 6.42 Å². The Hall–Kier alpha value is -2.41. The molecule has 0 aromatic heterocycles. The van der Waals surface area contributed by atoms with Gasteiger partial charge in [-0.1, -0.05) is 54.1 Å². The third-order valence-corrected chi connectivity index (χ3v) is 5.19. The lowest BCUT2D eigenvalue weighted by atomic mass is 10.2. The van der Waals surface area contributed by atoms with Crippen molar-refractivity contribution in [1.82, 2.24) is 5.32 Å². The van der Waals surface area contributed by atoms with Crippen molar-refractivity contribution in [1.29, 1.82) is 0 Å². The number of anilines is 1. The van der Waals surface area contributed by atoms with Crippen molar-refractivity contribution in [3.05, 3.63) is 93.4 Å². The molecule has 0 atom stereocenters. The quantitative estimate of drug-likeness (QED) is 0.426. The summed E-state index contributed by atoms with van der Waals surface area (Å²) in [5.41, 5.74) is 2.29. The third-order valence-electron chi connectivity index (χ3n) is 4.03. The fourth-order valence-corrected chi connectivity index (χ4v) is 3.45. The zero-order valence-electron chi connectivity index (χ0n) is 15.3. The maximum Gasteiger partial charge on any atom is 0.257 e. The lowest BCUT2D eigenvalue weighted by Crippen LogP contribution is -2.34. The molecule has 0 saturated carbocycles. The second-order valence-electron chi connectivity index (χ2n) is 6.12. The van der Waals surface area contributed by atoms with E-state index < -0.39 is 0 Å². The highest BCUT2D eigenvalue weighted by atomic mass is 79.9. The van der Waals surface area contributed by atoms with Crippen LogP contribution in [0.4, 0.5) is 5.69 Å². The molecule has 0 aliphatic carbocycles. The van der Waals surface area contributed by atoms with E-state index in [2.05, 4.69) is 38.7 Å². The zero-order valence-corrected chi connectivity index (χ0v) is 18.5. The summed E-state index contributed by atoms with van der Waals surface area (Å²) in [6.07, 6.45) is 0.803. The molecule has 0 fully saturated rings. The Morgan fingerprint density at radius 2 is 1.76 bits per heavy atom. The first-order valence-electron chi connectivity index (χ1n) is 8.86. The van der Waals surface area contributed by atoms with Crippen LogP contribution in [0.15, 0.2) is 77.3 Å². The summed E-state index contributed by atoms with van der Waals surface area (Å²) in [6.45, 7) is 0.542. The predicted molar refractivity (Wildman–Crippen MR) is 125 cm³/mol. The molecule has 4 nitrogen and oxygen atoms in total. The van der Waals surface area contributed by atoms with Crippen LogP contribution >= 0.6 is 39.7 Å². The van der Waals surface area contributed by atoms with E-state index in [1.807, 2.05) is 30.3 Å². The Bertz CT molecular complexity index is 1010. The summed E-state index contributed by atoms with van der Waals surface area (Å²) < 4.78 is 6.51. The largest absolute Gasteiger partial charge is 0.492 e. The van der Waals surface area contributed by atoms with Gasteiger partial charge in [0.25, 0.3) is 5.91 Å². The van der Waals surface area contributed by atoms with Gasteiger partial charge in [0, 0.05) is 12.0 Å². The van der Waals surface area contributed by atoms with Crippen molar-refractivity contribution in [3.8, 4) is 5.75 Å². The van der Waals surface area contributed by atoms with Gasteiger partial charge in [-0.25, -0.2) is 0 Å². The smallest absolute Gasteiger partial charge is 0.257 e. The van der Waals surface area contributed by atoms with Crippen molar-refractivity contribution >= 4 is 56.5 Å². The maximum atomic E-state index is 12.5. The number of thiocarbonyl (C=S) groups is 1. The summed E-state index contributed by atoms with van der Waals surface area (Å²) in [7, 11) is 0. The normalized spacial score (nSPS) is 10.3. The zero-order chi connectivity index (χ0) is 20.6. The molecule has 0 saturated heterocycles. The molecule has 3 rings (SSSR count). The Kier molecular flexibility index (Phi) is 7.63. The van der Waals surface area contributed by atoms with E-state index in [9.17, 15) is 4.79 Å². The molecule has 7 heteroatoms. The minimum absolute atomic E-state index is 0.169. The highest BCUT2D eigenvalue weighted by Crippen LogP contribution is 2.26. The second-order valence-corrected chi connectivity index (χ2v) is 7.79. The van der Waals surface area contributed by atoms with Gasteiger partial charge in [-0.15, -0.1) is 0 Å². The summed E-state index contributed by atoms with van der Waals surface area (Å²) in [4.78, 5) is 12.5. The Labute approximate surface area is 188 Å². The molecule has 3 aromatic carbocycles. The number of amides is 1. The fourth-order valence-electron chi connectivity index (χ4n) is 2.57. The van der Waals surface area contributed by atoms with Gasteiger partial charge in [-0.05, 0) is 64.0 Å². The van der Waals surface area contributed by atoms with Crippen LogP contribution < -0.4 is 15.4 Å². The molecular weight excluding hydrogens is 472 g/mol. The number of carbonyl (C=O) groups excluding carboxylic acids is 1. The van der Waals surface area contributed by atoms with E-state index in [-0.39, 0.29) is 11.0 Å². The molecule has 0 unspecified atom stereocenters. The molecular formula is C22H18BrClN2O2S. The van der Waals surface area contributed by atoms with Crippen LogP contribution in [0.25, 0.3) is 0 Å². The van der Waals surface area contributed by atoms with Crippen molar-refractivity contribution in [2.45, 2.75) is 6.42 Å². The molecule has 0 aliphatic heterocycles. The van der Waals surface area contributed by atoms with E-state index in [0.29, 0.717) is 33.1 Å². The Morgan fingerprint density at radius 3 is 2.48 bits per heavy atom. The molecule has 0 aliphatic rings. The SMILES string of the molecule is O=C(NC(=S)Nc1ccccc1Cl)c1ccc(OCCc2ccccc2)c(Br)c1. The number of carbonyl (C=O) groups is 1. The number of ether oxygens (including phenoxy) is 1. The highest BCUT2D eigenvalue weighted by molar-refractivity contribution is 9.10. The average Bonchev–Trinajstić information content (AvgIpc) is 2.71. The number of halogens is 2. The summed E-state index contributed by atoms with van der Waals surface area (Å²) in [5.74, 6) is 0.348. The van der Waals surface area contributed by atoms with E-state index >= 15 is 0 Å². The number of nitrogens with one attached hydrogen (secondary N) is 2. The summed E-state index contributed by atoms with van der Waals surface area (Å²) >= 11 is 14.7. The molecule has 148 valence electrons. The van der Waals surface area contributed by atoms with Gasteiger partial charge in [0.15, 0.2) is 5.11 Å². The van der Waals surface area contributed by atoms with Gasteiger partial charge in [-0.2, -0.15) is 0 Å². The molecule has 0 bridgehead atoms. The van der Waals surface area contributed by atoms with Crippen LogP contribution in [0.1, 0.15) is 15.9 Å². The van der Waals surface area contributed by atoms with Gasteiger partial charge in [-0.3, -0.25) is 10.1 Å².